The van der Waals surface area contributed by atoms with E-state index in [1.165, 1.54) is 25.7 Å². The predicted octanol–water partition coefficient (Wildman–Crippen LogP) is 6.48. The lowest BCUT2D eigenvalue weighted by Gasteiger charge is -2.39. The molecule has 0 unspecified atom stereocenters. The lowest BCUT2D eigenvalue weighted by molar-refractivity contribution is -0.235. The zero-order valence-electron chi connectivity index (χ0n) is 17.8. The summed E-state index contributed by atoms with van der Waals surface area (Å²) >= 11 is 0. The molecule has 3 nitrogen and oxygen atoms in total. The highest BCUT2D eigenvalue weighted by Crippen LogP contribution is 2.39. The Morgan fingerprint density at radius 1 is 0.839 bits per heavy atom. The van der Waals surface area contributed by atoms with Gasteiger partial charge in [-0.3, -0.25) is 0 Å². The third-order valence-corrected chi connectivity index (χ3v) is 7.40. The van der Waals surface area contributed by atoms with E-state index in [-0.39, 0.29) is 6.29 Å². The van der Waals surface area contributed by atoms with E-state index < -0.39 is 24.0 Å². The first kappa shape index (κ1) is 22.8. The first-order chi connectivity index (χ1) is 15.0. The van der Waals surface area contributed by atoms with Gasteiger partial charge in [0, 0.05) is 11.8 Å². The molecule has 3 aliphatic rings. The number of benzene rings is 1. The first-order valence-electron chi connectivity index (χ1n) is 11.7. The van der Waals surface area contributed by atoms with E-state index in [0.717, 1.165) is 63.4 Å². The molecular formula is C24H32F4O3. The third kappa shape index (κ3) is 5.92. The molecule has 174 valence electrons. The van der Waals surface area contributed by atoms with E-state index >= 15 is 0 Å². The molecule has 0 amide bonds. The number of rotatable bonds is 7. The minimum atomic E-state index is -3.25. The van der Waals surface area contributed by atoms with E-state index in [1.807, 2.05) is 0 Å². The van der Waals surface area contributed by atoms with Crippen LogP contribution < -0.4 is 4.74 Å². The van der Waals surface area contributed by atoms with Gasteiger partial charge in [0.1, 0.15) is 0 Å². The Balaban J connectivity index is 1.19. The van der Waals surface area contributed by atoms with Gasteiger partial charge >= 0.3 is 6.61 Å². The van der Waals surface area contributed by atoms with Crippen LogP contribution in [0.4, 0.5) is 17.6 Å². The Morgan fingerprint density at radius 3 is 2.03 bits per heavy atom. The maximum absolute atomic E-state index is 13.9. The third-order valence-electron chi connectivity index (χ3n) is 7.40. The van der Waals surface area contributed by atoms with E-state index in [9.17, 15) is 17.6 Å². The van der Waals surface area contributed by atoms with Gasteiger partial charge in [-0.2, -0.15) is 8.78 Å². The molecule has 0 atom stereocenters. The van der Waals surface area contributed by atoms with Crippen LogP contribution >= 0.6 is 0 Å². The molecule has 1 aliphatic heterocycles. The molecule has 0 N–H and O–H groups in total. The van der Waals surface area contributed by atoms with Crippen molar-refractivity contribution >= 4 is 0 Å². The number of ether oxygens (including phenoxy) is 3. The van der Waals surface area contributed by atoms with Crippen molar-refractivity contribution in [3.8, 4) is 5.75 Å². The van der Waals surface area contributed by atoms with Crippen LogP contribution in [0.2, 0.25) is 0 Å². The van der Waals surface area contributed by atoms with E-state index in [2.05, 4.69) is 4.74 Å². The fourth-order valence-corrected chi connectivity index (χ4v) is 5.58. The molecule has 31 heavy (non-hydrogen) atoms. The molecule has 1 aromatic carbocycles. The quantitative estimate of drug-likeness (QED) is 0.450. The molecule has 1 saturated heterocycles. The molecule has 2 saturated carbocycles. The second-order valence-corrected chi connectivity index (χ2v) is 9.43. The molecular weight excluding hydrogens is 412 g/mol. The van der Waals surface area contributed by atoms with Crippen LogP contribution in [0, 0.1) is 35.3 Å². The Kier molecular flexibility index (Phi) is 7.75. The number of aryl methyl sites for hydroxylation is 1. The van der Waals surface area contributed by atoms with Crippen molar-refractivity contribution in [2.24, 2.45) is 23.7 Å². The van der Waals surface area contributed by atoms with Crippen LogP contribution in [-0.2, 0) is 15.9 Å². The molecule has 1 heterocycles. The molecule has 4 rings (SSSR count). The summed E-state index contributed by atoms with van der Waals surface area (Å²) in [7, 11) is 0. The molecule has 0 aromatic heterocycles. The van der Waals surface area contributed by atoms with Crippen LogP contribution in [0.3, 0.4) is 0 Å². The zero-order chi connectivity index (χ0) is 21.8. The van der Waals surface area contributed by atoms with Gasteiger partial charge in [-0.15, -0.1) is 0 Å². The SMILES string of the molecule is Fc1cc(CCC2CCC([C@H]3OC[C@H](C4CCCC4)CO3)CC2)cc(F)c1OC(F)F. The molecule has 1 aromatic rings. The summed E-state index contributed by atoms with van der Waals surface area (Å²) in [6.45, 7) is -1.62. The van der Waals surface area contributed by atoms with Crippen molar-refractivity contribution in [1.82, 2.24) is 0 Å². The highest BCUT2D eigenvalue weighted by Gasteiger charge is 2.35. The topological polar surface area (TPSA) is 27.7 Å². The van der Waals surface area contributed by atoms with Gasteiger partial charge in [-0.25, -0.2) is 8.78 Å². The van der Waals surface area contributed by atoms with Crippen molar-refractivity contribution in [3.63, 3.8) is 0 Å². The standard InChI is InChI=1S/C24H32F4O3/c25-20-11-16(12-21(26)22(20)31-24(27)28)6-5-15-7-9-18(10-8-15)23-29-13-19(14-30-23)17-3-1-2-4-17/h11-12,15,17-19,23-24H,1-10,13-14H2/t15?,18?,19-,23-. The van der Waals surface area contributed by atoms with Gasteiger partial charge in [-0.1, -0.05) is 25.7 Å². The largest absolute Gasteiger partial charge is 0.429 e. The number of alkyl halides is 2. The molecule has 2 aliphatic carbocycles. The summed E-state index contributed by atoms with van der Waals surface area (Å²) < 4.78 is 68.4. The zero-order valence-corrected chi connectivity index (χ0v) is 17.8. The lowest BCUT2D eigenvalue weighted by Crippen LogP contribution is -2.40. The Bertz CT molecular complexity index is 684. The minimum absolute atomic E-state index is 0.0934. The summed E-state index contributed by atoms with van der Waals surface area (Å²) in [5.41, 5.74) is 0.468. The average Bonchev–Trinajstić information content (AvgIpc) is 3.30. The van der Waals surface area contributed by atoms with Crippen molar-refractivity contribution < 1.29 is 31.8 Å². The van der Waals surface area contributed by atoms with Crippen molar-refractivity contribution in [3.05, 3.63) is 29.3 Å². The predicted molar refractivity (Wildman–Crippen MR) is 108 cm³/mol. The second-order valence-electron chi connectivity index (χ2n) is 9.43. The average molecular weight is 445 g/mol. The number of hydrogen-bond acceptors (Lipinski definition) is 3. The van der Waals surface area contributed by atoms with E-state index in [0.29, 0.717) is 29.7 Å². The van der Waals surface area contributed by atoms with Crippen LogP contribution in [0.1, 0.15) is 63.4 Å². The smallest absolute Gasteiger partial charge is 0.387 e. The Hall–Kier alpha value is -1.34. The van der Waals surface area contributed by atoms with Crippen LogP contribution in [0.25, 0.3) is 0 Å². The fourth-order valence-electron chi connectivity index (χ4n) is 5.58. The van der Waals surface area contributed by atoms with Crippen molar-refractivity contribution in [2.45, 2.75) is 77.1 Å². The summed E-state index contributed by atoms with van der Waals surface area (Å²) in [6.07, 6.45) is 10.7. The minimum Gasteiger partial charge on any atom is -0.429 e. The van der Waals surface area contributed by atoms with E-state index in [1.54, 1.807) is 0 Å². The van der Waals surface area contributed by atoms with Crippen LogP contribution in [-0.4, -0.2) is 26.1 Å². The summed E-state index contributed by atoms with van der Waals surface area (Å²) in [5.74, 6) is -0.962. The van der Waals surface area contributed by atoms with Gasteiger partial charge < -0.3 is 14.2 Å². The molecule has 0 bridgehead atoms. The van der Waals surface area contributed by atoms with Gasteiger partial charge in [0.2, 0.25) is 0 Å². The van der Waals surface area contributed by atoms with Gasteiger partial charge in [0.25, 0.3) is 0 Å². The number of halogens is 4. The van der Waals surface area contributed by atoms with Gasteiger partial charge in [0.05, 0.1) is 13.2 Å². The molecule has 3 fully saturated rings. The molecule has 0 radical (unpaired) electrons. The van der Waals surface area contributed by atoms with E-state index in [4.69, 9.17) is 9.47 Å². The molecule has 7 heteroatoms. The highest BCUT2D eigenvalue weighted by atomic mass is 19.3. The van der Waals surface area contributed by atoms with Gasteiger partial charge in [-0.05, 0) is 68.1 Å². The first-order valence-corrected chi connectivity index (χ1v) is 11.7. The normalized spacial score (nSPS) is 30.1. The van der Waals surface area contributed by atoms with Crippen molar-refractivity contribution in [2.75, 3.05) is 13.2 Å². The Labute approximate surface area is 181 Å². The fraction of sp³-hybridized carbons (Fsp3) is 0.750. The molecule has 0 spiro atoms. The Morgan fingerprint density at radius 2 is 1.45 bits per heavy atom. The maximum Gasteiger partial charge on any atom is 0.387 e. The second kappa shape index (κ2) is 10.5. The monoisotopic (exact) mass is 444 g/mol. The summed E-state index contributed by atoms with van der Waals surface area (Å²) in [6, 6.07) is 2.19. The lowest BCUT2D eigenvalue weighted by atomic mass is 9.79. The van der Waals surface area contributed by atoms with Crippen LogP contribution in [0.5, 0.6) is 5.75 Å². The highest BCUT2D eigenvalue weighted by molar-refractivity contribution is 5.31. The summed E-state index contributed by atoms with van der Waals surface area (Å²) in [5, 5.41) is 0. The number of hydrogen-bond donors (Lipinski definition) is 0. The maximum atomic E-state index is 13.9. The summed E-state index contributed by atoms with van der Waals surface area (Å²) in [4.78, 5) is 0. The van der Waals surface area contributed by atoms with Crippen LogP contribution in [0.15, 0.2) is 12.1 Å². The van der Waals surface area contributed by atoms with Crippen molar-refractivity contribution in [1.29, 1.82) is 0 Å². The van der Waals surface area contributed by atoms with Gasteiger partial charge in [0.15, 0.2) is 23.7 Å².